The minimum atomic E-state index is 0.492. The Morgan fingerprint density at radius 1 is 1.71 bits per heavy atom. The zero-order valence-electron chi connectivity index (χ0n) is 7.70. The van der Waals surface area contributed by atoms with Gasteiger partial charge in [0.05, 0.1) is 17.9 Å². The third-order valence-corrected chi connectivity index (χ3v) is 1.90. The van der Waals surface area contributed by atoms with E-state index in [1.54, 1.807) is 12.3 Å². The molecule has 0 aromatic carbocycles. The molecule has 0 bridgehead atoms. The van der Waals surface area contributed by atoms with Gasteiger partial charge in [0.2, 0.25) is 0 Å². The molecule has 1 aromatic rings. The smallest absolute Gasteiger partial charge is 0.129 e. The van der Waals surface area contributed by atoms with E-state index in [0.29, 0.717) is 11.7 Å². The fourth-order valence-electron chi connectivity index (χ4n) is 0.841. The predicted octanol–water partition coefficient (Wildman–Crippen LogP) is 2.20. The number of pyridine rings is 1. The molecule has 0 saturated heterocycles. The highest BCUT2D eigenvalue weighted by Gasteiger charge is 1.92. The lowest BCUT2D eigenvalue weighted by Crippen LogP contribution is -2.16. The summed E-state index contributed by atoms with van der Waals surface area (Å²) in [6, 6.07) is 3.64. The molecule has 0 aliphatic rings. The van der Waals surface area contributed by atoms with E-state index in [1.807, 2.05) is 13.0 Å². The summed E-state index contributed by atoms with van der Waals surface area (Å²) in [5, 5.41) is 3.31. The van der Waals surface area contributed by atoms with Crippen molar-refractivity contribution in [2.45, 2.75) is 13.5 Å². The van der Waals surface area contributed by atoms with E-state index in [4.69, 9.17) is 11.6 Å². The Labute approximate surface area is 93.2 Å². The highest BCUT2D eigenvalue weighted by Crippen LogP contribution is 2.05. The van der Waals surface area contributed by atoms with Crippen LogP contribution >= 0.6 is 23.8 Å². The van der Waals surface area contributed by atoms with Crippen LogP contribution in [0.4, 0.5) is 0 Å². The molecule has 0 radical (unpaired) electrons. The molecule has 1 rings (SSSR count). The first-order valence-electron chi connectivity index (χ1n) is 4.04. The van der Waals surface area contributed by atoms with Crippen LogP contribution < -0.4 is 5.32 Å². The molecule has 0 aliphatic heterocycles. The van der Waals surface area contributed by atoms with Crippen LogP contribution in [0.25, 0.3) is 0 Å². The summed E-state index contributed by atoms with van der Waals surface area (Å²) in [5.74, 6) is 0.787. The van der Waals surface area contributed by atoms with Gasteiger partial charge in [-0.15, -0.1) is 0 Å². The highest BCUT2D eigenvalue weighted by atomic mass is 35.5. The van der Waals surface area contributed by atoms with Crippen LogP contribution in [0.15, 0.2) is 23.3 Å². The molecule has 74 valence electrons. The molecule has 1 aromatic heterocycles. The van der Waals surface area contributed by atoms with Gasteiger partial charge in [-0.2, -0.15) is 0 Å². The molecule has 0 aliphatic carbocycles. The topological polar surface area (TPSA) is 37.3 Å². The number of thiocarbonyl (C=S) groups is 1. The lowest BCUT2D eigenvalue weighted by molar-refractivity contribution is 1.03. The Balaban J connectivity index is 2.57. The van der Waals surface area contributed by atoms with Crippen molar-refractivity contribution in [3.8, 4) is 0 Å². The minimum Gasteiger partial charge on any atom is -0.341 e. The first-order valence-corrected chi connectivity index (χ1v) is 4.89. The van der Waals surface area contributed by atoms with Crippen molar-refractivity contribution in [3.05, 3.63) is 29.0 Å². The van der Waals surface area contributed by atoms with Crippen molar-refractivity contribution in [1.82, 2.24) is 10.3 Å². The van der Waals surface area contributed by atoms with Crippen LogP contribution in [0.1, 0.15) is 12.5 Å². The third kappa shape index (κ3) is 3.81. The van der Waals surface area contributed by atoms with Crippen LogP contribution in [-0.4, -0.2) is 16.3 Å². The summed E-state index contributed by atoms with van der Waals surface area (Å²) < 4.78 is 0. The maximum absolute atomic E-state index is 5.65. The molecule has 0 fully saturated rings. The summed E-state index contributed by atoms with van der Waals surface area (Å²) in [5.41, 5.74) is 2.44. The van der Waals surface area contributed by atoms with E-state index in [-0.39, 0.29) is 0 Å². The lowest BCUT2D eigenvalue weighted by atomic mass is 10.3. The van der Waals surface area contributed by atoms with Gasteiger partial charge < -0.3 is 5.32 Å². The molecular formula is C9H10ClN3S. The number of nitrogens with zero attached hydrogens (tertiary/aromatic N) is 2. The number of hydrogen-bond acceptors (Lipinski definition) is 3. The second kappa shape index (κ2) is 5.67. The van der Waals surface area contributed by atoms with Crippen LogP contribution in [0.5, 0.6) is 0 Å². The van der Waals surface area contributed by atoms with Gasteiger partial charge >= 0.3 is 0 Å². The minimum absolute atomic E-state index is 0.492. The Morgan fingerprint density at radius 3 is 3.07 bits per heavy atom. The molecular weight excluding hydrogens is 218 g/mol. The summed E-state index contributed by atoms with van der Waals surface area (Å²) in [7, 11) is 0. The first-order chi connectivity index (χ1) is 6.72. The molecule has 1 heterocycles. The highest BCUT2D eigenvalue weighted by molar-refractivity contribution is 7.78. The van der Waals surface area contributed by atoms with E-state index < -0.39 is 0 Å². The van der Waals surface area contributed by atoms with Crippen molar-refractivity contribution in [3.63, 3.8) is 0 Å². The van der Waals surface area contributed by atoms with E-state index in [0.717, 1.165) is 11.4 Å². The van der Waals surface area contributed by atoms with Crippen molar-refractivity contribution in [1.29, 1.82) is 0 Å². The molecule has 0 atom stereocenters. The molecule has 0 spiro atoms. The van der Waals surface area contributed by atoms with E-state index in [2.05, 4.69) is 27.5 Å². The molecule has 0 amide bonds. The third-order valence-electron chi connectivity index (χ3n) is 1.56. The quantitative estimate of drug-likeness (QED) is 0.372. The zero-order chi connectivity index (χ0) is 10.4. The standard InChI is InChI=1S/C9H10ClN3S/c1-7(13-6-14)11-4-8-2-3-9(10)12-5-8/h2-3,5-6H,4H2,1H3,(H,11,13,14). The number of hydrogen-bond donors (Lipinski definition) is 1. The second-order valence-electron chi connectivity index (χ2n) is 2.65. The van der Waals surface area contributed by atoms with Gasteiger partial charge in [0.15, 0.2) is 0 Å². The molecule has 1 N–H and O–H groups in total. The Morgan fingerprint density at radius 2 is 2.50 bits per heavy atom. The number of amidine groups is 1. The number of aromatic nitrogens is 1. The lowest BCUT2D eigenvalue weighted by Gasteiger charge is -1.99. The molecule has 3 nitrogen and oxygen atoms in total. The Bertz CT molecular complexity index is 334. The van der Waals surface area contributed by atoms with Crippen LogP contribution in [-0.2, 0) is 6.54 Å². The average Bonchev–Trinajstić information content (AvgIpc) is 2.17. The van der Waals surface area contributed by atoms with Crippen LogP contribution in [0.3, 0.4) is 0 Å². The first kappa shape index (κ1) is 11.1. The molecule has 0 saturated carbocycles. The normalized spacial score (nSPS) is 11.1. The van der Waals surface area contributed by atoms with Crippen molar-refractivity contribution >= 4 is 35.1 Å². The van der Waals surface area contributed by atoms with Gasteiger partial charge in [-0.05, 0) is 18.6 Å². The zero-order valence-corrected chi connectivity index (χ0v) is 9.27. The fraction of sp³-hybridized carbons (Fsp3) is 0.222. The van der Waals surface area contributed by atoms with Crippen LogP contribution in [0, 0.1) is 0 Å². The Kier molecular flexibility index (Phi) is 4.49. The number of halogens is 1. The van der Waals surface area contributed by atoms with Crippen molar-refractivity contribution < 1.29 is 0 Å². The summed E-state index contributed by atoms with van der Waals surface area (Å²) in [6.45, 7) is 2.43. The van der Waals surface area contributed by atoms with Gasteiger partial charge in [-0.25, -0.2) is 4.98 Å². The van der Waals surface area contributed by atoms with Gasteiger partial charge in [-0.1, -0.05) is 29.9 Å². The number of rotatable bonds is 3. The summed E-state index contributed by atoms with van der Waals surface area (Å²) >= 11 is 10.3. The van der Waals surface area contributed by atoms with Gasteiger partial charge in [0.25, 0.3) is 0 Å². The predicted molar refractivity (Wildman–Crippen MR) is 62.9 cm³/mol. The average molecular weight is 228 g/mol. The molecule has 14 heavy (non-hydrogen) atoms. The maximum Gasteiger partial charge on any atom is 0.129 e. The summed E-state index contributed by atoms with van der Waals surface area (Å²) in [4.78, 5) is 8.19. The maximum atomic E-state index is 5.65. The van der Waals surface area contributed by atoms with E-state index in [9.17, 15) is 0 Å². The largest absolute Gasteiger partial charge is 0.341 e. The molecule has 0 unspecified atom stereocenters. The van der Waals surface area contributed by atoms with Gasteiger partial charge in [0, 0.05) is 6.20 Å². The second-order valence-corrected chi connectivity index (χ2v) is 3.28. The number of aliphatic imine (C=N–C) groups is 1. The monoisotopic (exact) mass is 227 g/mol. The number of nitrogens with one attached hydrogen (secondary N) is 1. The van der Waals surface area contributed by atoms with E-state index >= 15 is 0 Å². The summed E-state index contributed by atoms with van der Waals surface area (Å²) in [6.07, 6.45) is 1.70. The fourth-order valence-corrected chi connectivity index (χ4v) is 1.12. The molecule has 5 heteroatoms. The SMILES string of the molecule is CC(=NCc1ccc(Cl)nc1)NC=S. The van der Waals surface area contributed by atoms with Crippen LogP contribution in [0.2, 0.25) is 5.15 Å². The van der Waals surface area contributed by atoms with Crippen molar-refractivity contribution in [2.75, 3.05) is 0 Å². The van der Waals surface area contributed by atoms with E-state index in [1.165, 1.54) is 5.49 Å². The Hall–Kier alpha value is -1.00. The van der Waals surface area contributed by atoms with Gasteiger partial charge in [0.1, 0.15) is 5.15 Å². The van der Waals surface area contributed by atoms with Gasteiger partial charge in [-0.3, -0.25) is 4.99 Å². The van der Waals surface area contributed by atoms with Crippen molar-refractivity contribution in [2.24, 2.45) is 4.99 Å².